The van der Waals surface area contributed by atoms with E-state index in [4.69, 9.17) is 0 Å². The van der Waals surface area contributed by atoms with Crippen molar-refractivity contribution in [2.45, 2.75) is 12.5 Å². The number of nitrogens with zero attached hydrogens (tertiary/aromatic N) is 1. The summed E-state index contributed by atoms with van der Waals surface area (Å²) in [6.45, 7) is 0. The number of hydrogen-bond donors (Lipinski definition) is 1. The first-order chi connectivity index (χ1) is 10.8. The second kappa shape index (κ2) is 6.76. The molecule has 2 aromatic carbocycles. The van der Waals surface area contributed by atoms with Gasteiger partial charge >= 0.3 is 0 Å². The molecule has 3 nitrogen and oxygen atoms in total. The lowest BCUT2D eigenvalue weighted by atomic mass is 10.0. The highest BCUT2D eigenvalue weighted by Crippen LogP contribution is 2.22. The lowest BCUT2D eigenvalue weighted by Gasteiger charge is -2.19. The molecule has 0 aliphatic rings. The van der Waals surface area contributed by atoms with Gasteiger partial charge in [0.2, 0.25) is 5.91 Å². The summed E-state index contributed by atoms with van der Waals surface area (Å²) in [6, 6.07) is 23.6. The van der Waals surface area contributed by atoms with E-state index in [0.29, 0.717) is 6.42 Å². The summed E-state index contributed by atoms with van der Waals surface area (Å²) in [5.74, 6) is 0.00810. The van der Waals surface area contributed by atoms with Crippen LogP contribution in [0.4, 0.5) is 5.69 Å². The number of carbonyl (C=O) groups is 1. The molecule has 1 amide bonds. The van der Waals surface area contributed by atoms with Crippen LogP contribution in [-0.4, -0.2) is 10.5 Å². The minimum absolute atomic E-state index is 0.0000813. The SMILES string of the molecule is O=C(C[C@H](c1ccccc1)n1cccc1)Nc1ccccc1. The van der Waals surface area contributed by atoms with E-state index < -0.39 is 0 Å². The summed E-state index contributed by atoms with van der Waals surface area (Å²) in [6.07, 6.45) is 4.38. The van der Waals surface area contributed by atoms with Gasteiger partial charge in [-0.3, -0.25) is 4.79 Å². The molecule has 22 heavy (non-hydrogen) atoms. The Kier molecular flexibility index (Phi) is 4.35. The van der Waals surface area contributed by atoms with Crippen LogP contribution < -0.4 is 5.32 Å². The van der Waals surface area contributed by atoms with E-state index in [0.717, 1.165) is 11.3 Å². The molecule has 3 heteroatoms. The number of anilines is 1. The van der Waals surface area contributed by atoms with Gasteiger partial charge in [0.1, 0.15) is 0 Å². The lowest BCUT2D eigenvalue weighted by Crippen LogP contribution is -2.19. The maximum atomic E-state index is 12.4. The molecule has 0 saturated carbocycles. The Morgan fingerprint density at radius 1 is 0.864 bits per heavy atom. The molecular formula is C19H18N2O. The third kappa shape index (κ3) is 3.44. The van der Waals surface area contributed by atoms with Gasteiger partial charge in [0, 0.05) is 18.1 Å². The van der Waals surface area contributed by atoms with Crippen molar-refractivity contribution in [1.82, 2.24) is 4.57 Å². The Balaban J connectivity index is 1.77. The third-order valence-corrected chi connectivity index (χ3v) is 3.61. The quantitative estimate of drug-likeness (QED) is 0.754. The number of carbonyl (C=O) groups excluding carboxylic acids is 1. The summed E-state index contributed by atoms with van der Waals surface area (Å²) >= 11 is 0. The Hall–Kier alpha value is -2.81. The van der Waals surface area contributed by atoms with Crippen molar-refractivity contribution in [1.29, 1.82) is 0 Å². The van der Waals surface area contributed by atoms with Gasteiger partial charge in [0.25, 0.3) is 0 Å². The maximum absolute atomic E-state index is 12.4. The van der Waals surface area contributed by atoms with Crippen LogP contribution in [0.25, 0.3) is 0 Å². The maximum Gasteiger partial charge on any atom is 0.226 e. The minimum Gasteiger partial charge on any atom is -0.346 e. The zero-order valence-electron chi connectivity index (χ0n) is 12.2. The number of benzene rings is 2. The molecular weight excluding hydrogens is 272 g/mol. The number of aromatic nitrogens is 1. The van der Waals surface area contributed by atoms with Gasteiger partial charge in [-0.05, 0) is 29.8 Å². The standard InChI is InChI=1S/C19H18N2O/c22-19(20-17-11-5-2-6-12-17)15-18(21-13-7-8-14-21)16-9-3-1-4-10-16/h1-14,18H,15H2,(H,20,22)/t18-/m1/s1. The molecule has 1 heterocycles. The molecule has 0 radical (unpaired) electrons. The molecule has 3 aromatic rings. The molecule has 0 spiro atoms. The van der Waals surface area contributed by atoms with Gasteiger partial charge < -0.3 is 9.88 Å². The molecule has 0 fully saturated rings. The van der Waals surface area contributed by atoms with Crippen molar-refractivity contribution in [2.75, 3.05) is 5.32 Å². The number of para-hydroxylation sites is 1. The summed E-state index contributed by atoms with van der Waals surface area (Å²) in [7, 11) is 0. The van der Waals surface area contributed by atoms with E-state index in [-0.39, 0.29) is 11.9 Å². The molecule has 1 N–H and O–H groups in total. The van der Waals surface area contributed by atoms with Gasteiger partial charge in [-0.1, -0.05) is 48.5 Å². The Morgan fingerprint density at radius 3 is 2.09 bits per heavy atom. The average molecular weight is 290 g/mol. The topological polar surface area (TPSA) is 34.0 Å². The summed E-state index contributed by atoms with van der Waals surface area (Å²) < 4.78 is 2.07. The predicted molar refractivity (Wildman–Crippen MR) is 88.7 cm³/mol. The molecule has 110 valence electrons. The minimum atomic E-state index is -0.0000813. The van der Waals surface area contributed by atoms with Gasteiger partial charge in [-0.2, -0.15) is 0 Å². The molecule has 0 aliphatic carbocycles. The van der Waals surface area contributed by atoms with Crippen molar-refractivity contribution < 1.29 is 4.79 Å². The van der Waals surface area contributed by atoms with E-state index in [1.807, 2.05) is 73.1 Å². The van der Waals surface area contributed by atoms with Gasteiger partial charge in [-0.15, -0.1) is 0 Å². The van der Waals surface area contributed by atoms with Gasteiger partial charge in [0.15, 0.2) is 0 Å². The van der Waals surface area contributed by atoms with Crippen LogP contribution in [0.3, 0.4) is 0 Å². The first-order valence-electron chi connectivity index (χ1n) is 7.35. The molecule has 3 rings (SSSR count). The van der Waals surface area contributed by atoms with Crippen molar-refractivity contribution in [3.63, 3.8) is 0 Å². The van der Waals surface area contributed by atoms with Crippen LogP contribution >= 0.6 is 0 Å². The van der Waals surface area contributed by atoms with E-state index in [9.17, 15) is 4.79 Å². The summed E-state index contributed by atoms with van der Waals surface area (Å²) in [5.41, 5.74) is 1.95. The highest BCUT2D eigenvalue weighted by molar-refractivity contribution is 5.91. The molecule has 0 saturated heterocycles. The van der Waals surface area contributed by atoms with Crippen LogP contribution in [0.15, 0.2) is 85.2 Å². The Labute approximate surface area is 130 Å². The molecule has 0 aliphatic heterocycles. The van der Waals surface area contributed by atoms with Crippen LogP contribution in [0.1, 0.15) is 18.0 Å². The van der Waals surface area contributed by atoms with Crippen LogP contribution in [-0.2, 0) is 4.79 Å². The van der Waals surface area contributed by atoms with Gasteiger partial charge in [-0.25, -0.2) is 0 Å². The normalized spacial score (nSPS) is 11.8. The Bertz CT molecular complexity index is 706. The number of rotatable bonds is 5. The number of amides is 1. The fraction of sp³-hybridized carbons (Fsp3) is 0.105. The molecule has 1 aromatic heterocycles. The highest BCUT2D eigenvalue weighted by Gasteiger charge is 2.17. The molecule has 1 atom stereocenters. The molecule has 0 bridgehead atoms. The van der Waals surface area contributed by atoms with Crippen molar-refractivity contribution in [2.24, 2.45) is 0 Å². The van der Waals surface area contributed by atoms with Crippen molar-refractivity contribution in [3.05, 3.63) is 90.8 Å². The zero-order valence-corrected chi connectivity index (χ0v) is 12.2. The van der Waals surface area contributed by atoms with Crippen LogP contribution in [0, 0.1) is 0 Å². The predicted octanol–water partition coefficient (Wildman–Crippen LogP) is 4.11. The fourth-order valence-corrected chi connectivity index (χ4v) is 2.54. The highest BCUT2D eigenvalue weighted by atomic mass is 16.1. The molecule has 0 unspecified atom stereocenters. The van der Waals surface area contributed by atoms with E-state index in [1.54, 1.807) is 0 Å². The van der Waals surface area contributed by atoms with E-state index in [1.165, 1.54) is 0 Å². The van der Waals surface area contributed by atoms with E-state index >= 15 is 0 Å². The lowest BCUT2D eigenvalue weighted by molar-refractivity contribution is -0.116. The van der Waals surface area contributed by atoms with Crippen LogP contribution in [0.5, 0.6) is 0 Å². The first kappa shape index (κ1) is 14.1. The smallest absolute Gasteiger partial charge is 0.226 e. The van der Waals surface area contributed by atoms with E-state index in [2.05, 4.69) is 22.0 Å². The summed E-state index contributed by atoms with van der Waals surface area (Å²) in [5, 5.41) is 2.95. The van der Waals surface area contributed by atoms with Crippen molar-refractivity contribution >= 4 is 11.6 Å². The second-order valence-corrected chi connectivity index (χ2v) is 5.18. The number of nitrogens with one attached hydrogen (secondary N) is 1. The number of hydrogen-bond acceptors (Lipinski definition) is 1. The third-order valence-electron chi connectivity index (χ3n) is 3.61. The summed E-state index contributed by atoms with van der Waals surface area (Å²) in [4.78, 5) is 12.4. The fourth-order valence-electron chi connectivity index (χ4n) is 2.54. The monoisotopic (exact) mass is 290 g/mol. The second-order valence-electron chi connectivity index (χ2n) is 5.18. The largest absolute Gasteiger partial charge is 0.346 e. The van der Waals surface area contributed by atoms with Crippen molar-refractivity contribution in [3.8, 4) is 0 Å². The zero-order chi connectivity index (χ0) is 15.2. The average Bonchev–Trinajstić information content (AvgIpc) is 3.08. The van der Waals surface area contributed by atoms with Gasteiger partial charge in [0.05, 0.1) is 12.5 Å². The Morgan fingerprint density at radius 2 is 1.45 bits per heavy atom. The first-order valence-corrected chi connectivity index (χ1v) is 7.35. The van der Waals surface area contributed by atoms with Crippen LogP contribution in [0.2, 0.25) is 0 Å².